The maximum Gasteiger partial charge on any atom is 0.132 e. The van der Waals surface area contributed by atoms with Gasteiger partial charge in [-0.15, -0.1) is 0 Å². The average Bonchev–Trinajstić information content (AvgIpc) is 2.27. The van der Waals surface area contributed by atoms with E-state index in [0.717, 1.165) is 12.1 Å². The van der Waals surface area contributed by atoms with E-state index >= 15 is 0 Å². The van der Waals surface area contributed by atoms with Crippen LogP contribution in [0.4, 0.5) is 8.78 Å². The molecule has 1 N–H and O–H groups in total. The Morgan fingerprint density at radius 1 is 1.06 bits per heavy atom. The summed E-state index contributed by atoms with van der Waals surface area (Å²) in [6.45, 7) is 3.53. The van der Waals surface area contributed by atoms with Crippen LogP contribution in [0.25, 0.3) is 0 Å². The van der Waals surface area contributed by atoms with Gasteiger partial charge in [-0.05, 0) is 43.7 Å². The summed E-state index contributed by atoms with van der Waals surface area (Å²) in [7, 11) is 0. The van der Waals surface area contributed by atoms with E-state index in [1.54, 1.807) is 26.0 Å². The smallest absolute Gasteiger partial charge is 0.132 e. The van der Waals surface area contributed by atoms with E-state index < -0.39 is 17.7 Å². The molecule has 1 unspecified atom stereocenters. The number of benzene rings is 1. The van der Waals surface area contributed by atoms with Gasteiger partial charge in [-0.3, -0.25) is 4.98 Å². The molecule has 1 aromatic heterocycles. The third-order valence-corrected chi connectivity index (χ3v) is 2.69. The van der Waals surface area contributed by atoms with Gasteiger partial charge in [0.25, 0.3) is 0 Å². The van der Waals surface area contributed by atoms with Crippen LogP contribution in [0.3, 0.4) is 0 Å². The molecule has 0 saturated carbocycles. The Bertz CT molecular complexity index is 544. The minimum Gasteiger partial charge on any atom is -0.383 e. The van der Waals surface area contributed by atoms with Crippen molar-refractivity contribution >= 4 is 0 Å². The first-order valence-electron chi connectivity index (χ1n) is 5.56. The summed E-state index contributed by atoms with van der Waals surface area (Å²) in [5.74, 6) is -1.51. The lowest BCUT2D eigenvalue weighted by Crippen LogP contribution is -2.07. The highest BCUT2D eigenvalue weighted by molar-refractivity contribution is 5.33. The molecule has 0 saturated heterocycles. The summed E-state index contributed by atoms with van der Waals surface area (Å²) in [6, 6.07) is 6.75. The van der Waals surface area contributed by atoms with Gasteiger partial charge in [0.2, 0.25) is 0 Å². The van der Waals surface area contributed by atoms with E-state index in [-0.39, 0.29) is 5.56 Å². The van der Waals surface area contributed by atoms with E-state index in [2.05, 4.69) is 4.98 Å². The molecular weight excluding hydrogens is 236 g/mol. The van der Waals surface area contributed by atoms with Crippen LogP contribution >= 0.6 is 0 Å². The van der Waals surface area contributed by atoms with Gasteiger partial charge < -0.3 is 5.11 Å². The van der Waals surface area contributed by atoms with Crippen LogP contribution in [0, 0.1) is 25.5 Å². The van der Waals surface area contributed by atoms with Crippen LogP contribution in [0.15, 0.2) is 30.3 Å². The van der Waals surface area contributed by atoms with Crippen LogP contribution in [0.2, 0.25) is 0 Å². The molecule has 0 spiro atoms. The number of halogens is 2. The van der Waals surface area contributed by atoms with Crippen molar-refractivity contribution in [3.63, 3.8) is 0 Å². The SMILES string of the molecule is Cc1cc(C(O)c2c(F)cccc2F)cc(C)n1. The van der Waals surface area contributed by atoms with Crippen molar-refractivity contribution < 1.29 is 13.9 Å². The van der Waals surface area contributed by atoms with Gasteiger partial charge in [0.05, 0.1) is 5.56 Å². The number of rotatable bonds is 2. The topological polar surface area (TPSA) is 33.1 Å². The van der Waals surface area contributed by atoms with Crippen LogP contribution in [-0.2, 0) is 0 Å². The molecule has 0 aliphatic rings. The summed E-state index contributed by atoms with van der Waals surface area (Å²) >= 11 is 0. The number of aliphatic hydroxyl groups is 1. The minimum absolute atomic E-state index is 0.331. The van der Waals surface area contributed by atoms with Crippen LogP contribution < -0.4 is 0 Å². The Hall–Kier alpha value is -1.81. The summed E-state index contributed by atoms with van der Waals surface area (Å²) < 4.78 is 27.1. The molecule has 0 amide bonds. The van der Waals surface area contributed by atoms with E-state index in [9.17, 15) is 13.9 Å². The summed E-state index contributed by atoms with van der Waals surface area (Å²) in [6.07, 6.45) is -1.33. The fourth-order valence-corrected chi connectivity index (χ4v) is 1.96. The maximum absolute atomic E-state index is 13.6. The molecule has 18 heavy (non-hydrogen) atoms. The fourth-order valence-electron chi connectivity index (χ4n) is 1.96. The predicted molar refractivity (Wildman–Crippen MR) is 64.1 cm³/mol. The number of aromatic nitrogens is 1. The van der Waals surface area contributed by atoms with Gasteiger partial charge in [0.15, 0.2) is 0 Å². The highest BCUT2D eigenvalue weighted by atomic mass is 19.1. The van der Waals surface area contributed by atoms with Crippen molar-refractivity contribution in [2.75, 3.05) is 0 Å². The minimum atomic E-state index is -1.33. The number of aliphatic hydroxyl groups excluding tert-OH is 1. The predicted octanol–water partition coefficient (Wildman–Crippen LogP) is 3.06. The van der Waals surface area contributed by atoms with Crippen molar-refractivity contribution in [1.82, 2.24) is 4.98 Å². The van der Waals surface area contributed by atoms with Gasteiger partial charge in [0, 0.05) is 11.4 Å². The molecule has 0 aliphatic heterocycles. The monoisotopic (exact) mass is 249 g/mol. The molecular formula is C14H13F2NO. The van der Waals surface area contributed by atoms with E-state index in [1.165, 1.54) is 6.07 Å². The number of nitrogens with zero attached hydrogens (tertiary/aromatic N) is 1. The van der Waals surface area contributed by atoms with Crippen LogP contribution in [0.1, 0.15) is 28.6 Å². The standard InChI is InChI=1S/C14H13F2NO/c1-8-6-10(7-9(2)17-8)14(18)13-11(15)4-3-5-12(13)16/h3-7,14,18H,1-2H3. The molecule has 1 atom stereocenters. The normalized spacial score (nSPS) is 12.5. The number of aryl methyl sites for hydroxylation is 2. The zero-order valence-electron chi connectivity index (χ0n) is 10.1. The molecule has 1 aromatic carbocycles. The molecule has 0 radical (unpaired) electrons. The fraction of sp³-hybridized carbons (Fsp3) is 0.214. The number of hydrogen-bond acceptors (Lipinski definition) is 2. The van der Waals surface area contributed by atoms with E-state index in [0.29, 0.717) is 17.0 Å². The first-order valence-corrected chi connectivity index (χ1v) is 5.56. The first-order chi connectivity index (χ1) is 8.49. The summed E-state index contributed by atoms with van der Waals surface area (Å²) in [5, 5.41) is 10.1. The summed E-state index contributed by atoms with van der Waals surface area (Å²) in [4.78, 5) is 4.16. The third-order valence-electron chi connectivity index (χ3n) is 2.69. The second-order valence-electron chi connectivity index (χ2n) is 4.22. The van der Waals surface area contributed by atoms with Gasteiger partial charge >= 0.3 is 0 Å². The van der Waals surface area contributed by atoms with E-state index in [1.807, 2.05) is 0 Å². The molecule has 2 nitrogen and oxygen atoms in total. The number of hydrogen-bond donors (Lipinski definition) is 1. The molecule has 0 aliphatic carbocycles. The lowest BCUT2D eigenvalue weighted by atomic mass is 10.00. The molecule has 2 aromatic rings. The first kappa shape index (κ1) is 12.6. The second-order valence-corrected chi connectivity index (χ2v) is 4.22. The van der Waals surface area contributed by atoms with E-state index in [4.69, 9.17) is 0 Å². The Balaban J connectivity index is 2.51. The largest absolute Gasteiger partial charge is 0.383 e. The van der Waals surface area contributed by atoms with Gasteiger partial charge in [-0.1, -0.05) is 6.07 Å². The molecule has 0 fully saturated rings. The highest BCUT2D eigenvalue weighted by Gasteiger charge is 2.19. The Labute approximate surface area is 104 Å². The number of pyridine rings is 1. The van der Waals surface area contributed by atoms with Crippen molar-refractivity contribution in [2.45, 2.75) is 20.0 Å². The molecule has 0 bridgehead atoms. The lowest BCUT2D eigenvalue weighted by molar-refractivity contribution is 0.208. The van der Waals surface area contributed by atoms with Crippen molar-refractivity contribution in [1.29, 1.82) is 0 Å². The third kappa shape index (κ3) is 2.38. The van der Waals surface area contributed by atoms with Crippen molar-refractivity contribution in [3.8, 4) is 0 Å². The maximum atomic E-state index is 13.6. The second kappa shape index (κ2) is 4.82. The van der Waals surface area contributed by atoms with Crippen LogP contribution in [0.5, 0.6) is 0 Å². The molecule has 2 rings (SSSR count). The molecule has 1 heterocycles. The van der Waals surface area contributed by atoms with Crippen molar-refractivity contribution in [2.24, 2.45) is 0 Å². The molecule has 4 heteroatoms. The Morgan fingerprint density at radius 2 is 1.56 bits per heavy atom. The Kier molecular flexibility index (Phi) is 3.39. The zero-order chi connectivity index (χ0) is 13.3. The van der Waals surface area contributed by atoms with Crippen LogP contribution in [-0.4, -0.2) is 10.1 Å². The zero-order valence-corrected chi connectivity index (χ0v) is 10.1. The van der Waals surface area contributed by atoms with Gasteiger partial charge in [-0.2, -0.15) is 0 Å². The highest BCUT2D eigenvalue weighted by Crippen LogP contribution is 2.27. The molecule has 94 valence electrons. The quantitative estimate of drug-likeness (QED) is 0.887. The average molecular weight is 249 g/mol. The Morgan fingerprint density at radius 3 is 2.06 bits per heavy atom. The summed E-state index contributed by atoms with van der Waals surface area (Å²) in [5.41, 5.74) is 1.49. The van der Waals surface area contributed by atoms with Crippen molar-refractivity contribution in [3.05, 3.63) is 64.5 Å². The lowest BCUT2D eigenvalue weighted by Gasteiger charge is -2.14. The van der Waals surface area contributed by atoms with Gasteiger partial charge in [0.1, 0.15) is 17.7 Å². The van der Waals surface area contributed by atoms with Gasteiger partial charge in [-0.25, -0.2) is 8.78 Å².